The van der Waals surface area contributed by atoms with E-state index in [-0.39, 0.29) is 11.6 Å². The van der Waals surface area contributed by atoms with Crippen molar-refractivity contribution >= 4 is 15.7 Å². The number of halogens is 1. The molecule has 1 aromatic rings. The van der Waals surface area contributed by atoms with Gasteiger partial charge >= 0.3 is 0 Å². The van der Waals surface area contributed by atoms with E-state index in [1.807, 2.05) is 6.92 Å². The van der Waals surface area contributed by atoms with Crippen LogP contribution in [0.5, 0.6) is 0 Å². The molecule has 0 heterocycles. The van der Waals surface area contributed by atoms with E-state index in [1.54, 1.807) is 6.92 Å². The van der Waals surface area contributed by atoms with Crippen LogP contribution in [0.4, 0.5) is 10.1 Å². The van der Waals surface area contributed by atoms with Gasteiger partial charge in [-0.05, 0) is 50.2 Å². The fourth-order valence-electron chi connectivity index (χ4n) is 1.50. The predicted molar refractivity (Wildman–Crippen MR) is 71.7 cm³/mol. The lowest BCUT2D eigenvalue weighted by atomic mass is 10.2. The zero-order valence-corrected chi connectivity index (χ0v) is 11.5. The Morgan fingerprint density at radius 3 is 2.67 bits per heavy atom. The molecule has 18 heavy (non-hydrogen) atoms. The second-order valence-electron chi connectivity index (χ2n) is 4.09. The summed E-state index contributed by atoms with van der Waals surface area (Å²) in [5.74, 6) is -0.290. The van der Waals surface area contributed by atoms with Gasteiger partial charge in [-0.1, -0.05) is 6.92 Å². The summed E-state index contributed by atoms with van der Waals surface area (Å²) in [6.07, 6.45) is 0.545. The first-order valence-corrected chi connectivity index (χ1v) is 7.57. The molecule has 1 aromatic carbocycles. The van der Waals surface area contributed by atoms with Crippen LogP contribution in [0.1, 0.15) is 18.9 Å². The lowest BCUT2D eigenvalue weighted by Crippen LogP contribution is -2.21. The first-order valence-electron chi connectivity index (χ1n) is 5.92. The topological polar surface area (TPSA) is 58.2 Å². The SMILES string of the molecule is CCNCCCS(=O)(=O)Nc1ccc(F)c(C)c1. The molecule has 6 heteroatoms. The van der Waals surface area contributed by atoms with Crippen LogP contribution in [0, 0.1) is 12.7 Å². The summed E-state index contributed by atoms with van der Waals surface area (Å²) in [7, 11) is -3.36. The molecule has 0 fully saturated rings. The highest BCUT2D eigenvalue weighted by Gasteiger charge is 2.10. The van der Waals surface area contributed by atoms with Crippen molar-refractivity contribution in [3.8, 4) is 0 Å². The fraction of sp³-hybridized carbons (Fsp3) is 0.500. The number of anilines is 1. The first kappa shape index (κ1) is 14.9. The average molecular weight is 274 g/mol. The second-order valence-corrected chi connectivity index (χ2v) is 5.93. The number of benzene rings is 1. The minimum absolute atomic E-state index is 0.0520. The quantitative estimate of drug-likeness (QED) is 0.746. The van der Waals surface area contributed by atoms with Gasteiger partial charge in [0.1, 0.15) is 5.82 Å². The van der Waals surface area contributed by atoms with Gasteiger partial charge in [0.2, 0.25) is 10.0 Å². The minimum atomic E-state index is -3.36. The molecular formula is C12H19FN2O2S. The van der Waals surface area contributed by atoms with Crippen molar-refractivity contribution in [1.82, 2.24) is 5.32 Å². The third-order valence-corrected chi connectivity index (χ3v) is 3.82. The van der Waals surface area contributed by atoms with Crippen molar-refractivity contribution in [2.45, 2.75) is 20.3 Å². The third kappa shape index (κ3) is 5.01. The summed E-state index contributed by atoms with van der Waals surface area (Å²) >= 11 is 0. The fourth-order valence-corrected chi connectivity index (χ4v) is 2.62. The number of rotatable bonds is 7. The highest BCUT2D eigenvalue weighted by molar-refractivity contribution is 7.92. The molecule has 0 aliphatic rings. The Balaban J connectivity index is 2.56. The Bertz CT molecular complexity index is 489. The molecule has 0 saturated carbocycles. The van der Waals surface area contributed by atoms with E-state index in [4.69, 9.17) is 0 Å². The van der Waals surface area contributed by atoms with Crippen LogP contribution < -0.4 is 10.0 Å². The van der Waals surface area contributed by atoms with E-state index >= 15 is 0 Å². The van der Waals surface area contributed by atoms with Gasteiger partial charge in [-0.25, -0.2) is 12.8 Å². The van der Waals surface area contributed by atoms with Gasteiger partial charge in [0.15, 0.2) is 0 Å². The molecule has 1 rings (SSSR count). The lowest BCUT2D eigenvalue weighted by molar-refractivity contribution is 0.595. The van der Waals surface area contributed by atoms with E-state index in [0.29, 0.717) is 24.2 Å². The van der Waals surface area contributed by atoms with Crippen LogP contribution in [0.25, 0.3) is 0 Å². The van der Waals surface area contributed by atoms with E-state index in [2.05, 4.69) is 10.0 Å². The highest BCUT2D eigenvalue weighted by atomic mass is 32.2. The molecule has 2 N–H and O–H groups in total. The maximum absolute atomic E-state index is 13.0. The standard InChI is InChI=1S/C12H19FN2O2S/c1-3-14-7-4-8-18(16,17)15-11-5-6-12(13)10(2)9-11/h5-6,9,14-15H,3-4,7-8H2,1-2H3. The second kappa shape index (κ2) is 6.70. The summed E-state index contributed by atoms with van der Waals surface area (Å²) in [5.41, 5.74) is 0.820. The highest BCUT2D eigenvalue weighted by Crippen LogP contribution is 2.15. The van der Waals surface area contributed by atoms with E-state index in [9.17, 15) is 12.8 Å². The monoisotopic (exact) mass is 274 g/mol. The van der Waals surface area contributed by atoms with Gasteiger partial charge in [-0.2, -0.15) is 0 Å². The van der Waals surface area contributed by atoms with E-state index in [0.717, 1.165) is 6.54 Å². The van der Waals surface area contributed by atoms with Crippen LogP contribution in [0.2, 0.25) is 0 Å². The van der Waals surface area contributed by atoms with Crippen LogP contribution in [0.15, 0.2) is 18.2 Å². The molecule has 102 valence electrons. The molecule has 0 saturated heterocycles. The predicted octanol–water partition coefficient (Wildman–Crippen LogP) is 1.88. The first-order chi connectivity index (χ1) is 8.44. The van der Waals surface area contributed by atoms with Crippen LogP contribution >= 0.6 is 0 Å². The van der Waals surface area contributed by atoms with Gasteiger partial charge in [-0.15, -0.1) is 0 Å². The Labute approximate surface area is 108 Å². The number of hydrogen-bond donors (Lipinski definition) is 2. The van der Waals surface area contributed by atoms with Crippen LogP contribution in [0.3, 0.4) is 0 Å². The van der Waals surface area contributed by atoms with Crippen molar-refractivity contribution < 1.29 is 12.8 Å². The largest absolute Gasteiger partial charge is 0.317 e. The van der Waals surface area contributed by atoms with Crippen molar-refractivity contribution in [2.24, 2.45) is 0 Å². The Morgan fingerprint density at radius 2 is 2.06 bits per heavy atom. The maximum atomic E-state index is 13.0. The average Bonchev–Trinajstić information content (AvgIpc) is 2.29. The van der Waals surface area contributed by atoms with Gasteiger partial charge in [0, 0.05) is 5.69 Å². The van der Waals surface area contributed by atoms with Crippen molar-refractivity contribution in [1.29, 1.82) is 0 Å². The molecular weight excluding hydrogens is 255 g/mol. The van der Waals surface area contributed by atoms with Crippen molar-refractivity contribution in [3.63, 3.8) is 0 Å². The van der Waals surface area contributed by atoms with E-state index < -0.39 is 10.0 Å². The molecule has 4 nitrogen and oxygen atoms in total. The number of aryl methyl sites for hydroxylation is 1. The van der Waals surface area contributed by atoms with Gasteiger partial charge in [0.05, 0.1) is 5.75 Å². The van der Waals surface area contributed by atoms with Crippen LogP contribution in [-0.4, -0.2) is 27.3 Å². The zero-order chi connectivity index (χ0) is 13.6. The molecule has 0 bridgehead atoms. The number of sulfonamides is 1. The molecule has 0 amide bonds. The molecule has 0 spiro atoms. The smallest absolute Gasteiger partial charge is 0.232 e. The van der Waals surface area contributed by atoms with Gasteiger partial charge in [0.25, 0.3) is 0 Å². The molecule has 0 aliphatic heterocycles. The Hall–Kier alpha value is -1.14. The normalized spacial score (nSPS) is 11.5. The maximum Gasteiger partial charge on any atom is 0.232 e. The van der Waals surface area contributed by atoms with Gasteiger partial charge in [-0.3, -0.25) is 4.72 Å². The van der Waals surface area contributed by atoms with E-state index in [1.165, 1.54) is 18.2 Å². The lowest BCUT2D eigenvalue weighted by Gasteiger charge is -2.09. The summed E-state index contributed by atoms with van der Waals surface area (Å²) in [4.78, 5) is 0. The van der Waals surface area contributed by atoms with Crippen LogP contribution in [-0.2, 0) is 10.0 Å². The summed E-state index contributed by atoms with van der Waals surface area (Å²) < 4.78 is 38.9. The summed E-state index contributed by atoms with van der Waals surface area (Å²) in [6.45, 7) is 5.05. The minimum Gasteiger partial charge on any atom is -0.317 e. The molecule has 0 aromatic heterocycles. The van der Waals surface area contributed by atoms with Gasteiger partial charge < -0.3 is 5.32 Å². The molecule has 0 aliphatic carbocycles. The Kier molecular flexibility index (Phi) is 5.55. The third-order valence-electron chi connectivity index (χ3n) is 2.45. The molecule has 0 radical (unpaired) electrons. The summed E-state index contributed by atoms with van der Waals surface area (Å²) in [6, 6.07) is 4.16. The molecule has 0 atom stereocenters. The van der Waals surface area contributed by atoms with Crippen molar-refractivity contribution in [2.75, 3.05) is 23.6 Å². The van der Waals surface area contributed by atoms with Crippen molar-refractivity contribution in [3.05, 3.63) is 29.6 Å². The Morgan fingerprint density at radius 1 is 1.33 bits per heavy atom. The molecule has 0 unspecified atom stereocenters. The number of hydrogen-bond acceptors (Lipinski definition) is 3. The summed E-state index contributed by atoms with van der Waals surface area (Å²) in [5, 5.41) is 3.06. The number of nitrogens with one attached hydrogen (secondary N) is 2. The zero-order valence-electron chi connectivity index (χ0n) is 10.7.